The molecule has 25 heavy (non-hydrogen) atoms. The highest BCUT2D eigenvalue weighted by Gasteiger charge is 2.22. The van der Waals surface area contributed by atoms with Crippen molar-refractivity contribution in [2.75, 3.05) is 18.2 Å². The van der Waals surface area contributed by atoms with Gasteiger partial charge in [0.2, 0.25) is 0 Å². The van der Waals surface area contributed by atoms with Gasteiger partial charge in [0, 0.05) is 11.1 Å². The quantitative estimate of drug-likeness (QED) is 0.817. The predicted octanol–water partition coefficient (Wildman–Crippen LogP) is 4.09. The highest BCUT2D eigenvalue weighted by molar-refractivity contribution is 7.91. The fourth-order valence-corrected chi connectivity index (χ4v) is 4.12. The molecule has 1 amide bonds. The molecule has 0 unspecified atom stereocenters. The molecule has 0 spiro atoms. The maximum atomic E-state index is 12.7. The van der Waals surface area contributed by atoms with Gasteiger partial charge in [-0.15, -0.1) is 0 Å². The molecule has 1 N–H and O–H groups in total. The van der Waals surface area contributed by atoms with E-state index >= 15 is 0 Å². The monoisotopic (exact) mass is 381 g/mol. The Kier molecular flexibility index (Phi) is 6.08. The molecule has 5 nitrogen and oxygen atoms in total. The highest BCUT2D eigenvalue weighted by atomic mass is 35.5. The van der Waals surface area contributed by atoms with E-state index in [1.807, 2.05) is 0 Å². The lowest BCUT2D eigenvalue weighted by molar-refractivity contribution is 0.102. The number of hydrogen-bond donors (Lipinski definition) is 1. The molecule has 0 saturated heterocycles. The van der Waals surface area contributed by atoms with Crippen molar-refractivity contribution in [3.05, 3.63) is 52.5 Å². The third kappa shape index (κ3) is 4.32. The van der Waals surface area contributed by atoms with Crippen molar-refractivity contribution < 1.29 is 17.9 Å². The van der Waals surface area contributed by atoms with E-state index in [9.17, 15) is 13.2 Å². The largest absolute Gasteiger partial charge is 0.495 e. The first-order valence-corrected chi connectivity index (χ1v) is 9.80. The second-order valence-corrected chi connectivity index (χ2v) is 8.06. The summed E-state index contributed by atoms with van der Waals surface area (Å²) in [6, 6.07) is 9.46. The molecule has 0 heterocycles. The van der Waals surface area contributed by atoms with Crippen LogP contribution in [0.1, 0.15) is 29.3 Å². The summed E-state index contributed by atoms with van der Waals surface area (Å²) < 4.78 is 30.1. The Morgan fingerprint density at radius 2 is 1.92 bits per heavy atom. The minimum atomic E-state index is -3.52. The average molecular weight is 382 g/mol. The number of hydrogen-bond acceptors (Lipinski definition) is 4. The number of ether oxygens (including phenoxy) is 1. The van der Waals surface area contributed by atoms with Crippen molar-refractivity contribution >= 4 is 33.0 Å². The Labute approximate surface area is 152 Å². The zero-order chi connectivity index (χ0) is 18.6. The number of benzene rings is 2. The van der Waals surface area contributed by atoms with Gasteiger partial charge in [-0.3, -0.25) is 4.79 Å². The summed E-state index contributed by atoms with van der Waals surface area (Å²) in [7, 11) is -2.05. The molecule has 0 bridgehead atoms. The standard InChI is InChI=1S/C18H20ClNO4S/c1-4-9-25(22,23)17-8-6-5-7-13(17)18(21)20-15-10-12(2)14(19)11-16(15)24-3/h5-8,10-11H,4,9H2,1-3H3,(H,20,21). The Morgan fingerprint density at radius 1 is 1.24 bits per heavy atom. The van der Waals surface area contributed by atoms with Gasteiger partial charge < -0.3 is 10.1 Å². The molecule has 2 rings (SSSR count). The van der Waals surface area contributed by atoms with Crippen molar-refractivity contribution in [2.24, 2.45) is 0 Å². The van der Waals surface area contributed by atoms with E-state index in [-0.39, 0.29) is 16.2 Å². The lowest BCUT2D eigenvalue weighted by atomic mass is 10.1. The zero-order valence-electron chi connectivity index (χ0n) is 14.3. The van der Waals surface area contributed by atoms with Crippen LogP contribution in [-0.2, 0) is 9.84 Å². The van der Waals surface area contributed by atoms with Crippen LogP contribution in [0.4, 0.5) is 5.69 Å². The Balaban J connectivity index is 2.43. The first kappa shape index (κ1) is 19.3. The highest BCUT2D eigenvalue weighted by Crippen LogP contribution is 2.31. The van der Waals surface area contributed by atoms with Gasteiger partial charge >= 0.3 is 0 Å². The molecular weight excluding hydrogens is 362 g/mol. The van der Waals surface area contributed by atoms with Crippen LogP contribution in [0, 0.1) is 6.92 Å². The SMILES string of the molecule is CCCS(=O)(=O)c1ccccc1C(=O)Nc1cc(C)c(Cl)cc1OC. The summed E-state index contributed by atoms with van der Waals surface area (Å²) in [6.45, 7) is 3.58. The number of carbonyl (C=O) groups is 1. The van der Waals surface area contributed by atoms with E-state index < -0.39 is 15.7 Å². The number of aryl methyl sites for hydroxylation is 1. The molecule has 0 saturated carbocycles. The van der Waals surface area contributed by atoms with Crippen molar-refractivity contribution in [2.45, 2.75) is 25.2 Å². The minimum Gasteiger partial charge on any atom is -0.495 e. The topological polar surface area (TPSA) is 72.5 Å². The van der Waals surface area contributed by atoms with Crippen LogP contribution >= 0.6 is 11.6 Å². The number of methoxy groups -OCH3 is 1. The summed E-state index contributed by atoms with van der Waals surface area (Å²) in [4.78, 5) is 12.7. The third-order valence-corrected chi connectivity index (χ3v) is 6.05. The van der Waals surface area contributed by atoms with E-state index in [0.717, 1.165) is 5.56 Å². The van der Waals surface area contributed by atoms with E-state index in [1.165, 1.54) is 19.2 Å². The van der Waals surface area contributed by atoms with Gasteiger partial charge in [-0.25, -0.2) is 8.42 Å². The van der Waals surface area contributed by atoms with Gasteiger partial charge in [-0.1, -0.05) is 30.7 Å². The van der Waals surface area contributed by atoms with Crippen LogP contribution in [0.25, 0.3) is 0 Å². The lowest BCUT2D eigenvalue weighted by Crippen LogP contribution is -2.18. The van der Waals surface area contributed by atoms with Gasteiger partial charge in [0.1, 0.15) is 5.75 Å². The smallest absolute Gasteiger partial charge is 0.257 e. The molecule has 0 fully saturated rings. The van der Waals surface area contributed by atoms with Crippen LogP contribution in [0.15, 0.2) is 41.3 Å². The van der Waals surface area contributed by atoms with Gasteiger partial charge in [0.05, 0.1) is 29.0 Å². The van der Waals surface area contributed by atoms with E-state index in [4.69, 9.17) is 16.3 Å². The number of amides is 1. The molecule has 0 aliphatic carbocycles. The second kappa shape index (κ2) is 7.89. The van der Waals surface area contributed by atoms with Crippen LogP contribution in [0.3, 0.4) is 0 Å². The molecule has 134 valence electrons. The van der Waals surface area contributed by atoms with Crippen LogP contribution < -0.4 is 10.1 Å². The molecule has 0 radical (unpaired) electrons. The number of nitrogens with one attached hydrogen (secondary N) is 1. The number of anilines is 1. The summed E-state index contributed by atoms with van der Waals surface area (Å²) in [5.74, 6) is -0.131. The number of carbonyl (C=O) groups excluding carboxylic acids is 1. The predicted molar refractivity (Wildman–Crippen MR) is 99.5 cm³/mol. The minimum absolute atomic E-state index is 0.0132. The van der Waals surface area contributed by atoms with Crippen molar-refractivity contribution in [1.29, 1.82) is 0 Å². The lowest BCUT2D eigenvalue weighted by Gasteiger charge is -2.14. The van der Waals surface area contributed by atoms with E-state index in [2.05, 4.69) is 5.32 Å². The third-order valence-electron chi connectivity index (χ3n) is 3.67. The van der Waals surface area contributed by atoms with Gasteiger partial charge in [-0.05, 0) is 37.1 Å². The van der Waals surface area contributed by atoms with E-state index in [0.29, 0.717) is 22.9 Å². The first-order valence-electron chi connectivity index (χ1n) is 7.77. The van der Waals surface area contributed by atoms with Crippen molar-refractivity contribution in [3.63, 3.8) is 0 Å². The first-order chi connectivity index (χ1) is 11.8. The maximum Gasteiger partial charge on any atom is 0.257 e. The molecule has 0 aliphatic heterocycles. The van der Waals surface area contributed by atoms with E-state index in [1.54, 1.807) is 38.1 Å². The van der Waals surface area contributed by atoms with Crippen molar-refractivity contribution in [1.82, 2.24) is 0 Å². The van der Waals surface area contributed by atoms with Gasteiger partial charge in [0.25, 0.3) is 5.91 Å². The Hall–Kier alpha value is -2.05. The molecule has 2 aromatic rings. The fourth-order valence-electron chi connectivity index (χ4n) is 2.42. The normalized spacial score (nSPS) is 11.2. The fraction of sp³-hybridized carbons (Fsp3) is 0.278. The Bertz CT molecular complexity index is 894. The summed E-state index contributed by atoms with van der Waals surface area (Å²) in [5, 5.41) is 3.23. The molecule has 0 aromatic heterocycles. The summed E-state index contributed by atoms with van der Waals surface area (Å²) in [5.41, 5.74) is 1.30. The van der Waals surface area contributed by atoms with Crippen molar-refractivity contribution in [3.8, 4) is 5.75 Å². The molecule has 0 atom stereocenters. The average Bonchev–Trinajstić information content (AvgIpc) is 2.57. The molecule has 7 heteroatoms. The molecule has 0 aliphatic rings. The summed E-state index contributed by atoms with van der Waals surface area (Å²) in [6.07, 6.45) is 0.475. The van der Waals surface area contributed by atoms with Gasteiger partial charge in [-0.2, -0.15) is 0 Å². The summed E-state index contributed by atoms with van der Waals surface area (Å²) >= 11 is 6.07. The second-order valence-electron chi connectivity index (χ2n) is 5.57. The molecule has 2 aromatic carbocycles. The Morgan fingerprint density at radius 3 is 2.56 bits per heavy atom. The maximum absolute atomic E-state index is 12.7. The van der Waals surface area contributed by atoms with Crippen LogP contribution in [-0.4, -0.2) is 27.2 Å². The number of halogens is 1. The molecular formula is C18H20ClNO4S. The number of sulfone groups is 1. The number of rotatable bonds is 6. The van der Waals surface area contributed by atoms with Crippen LogP contribution in [0.2, 0.25) is 5.02 Å². The van der Waals surface area contributed by atoms with Crippen LogP contribution in [0.5, 0.6) is 5.75 Å². The zero-order valence-corrected chi connectivity index (χ0v) is 15.9. The van der Waals surface area contributed by atoms with Gasteiger partial charge in [0.15, 0.2) is 9.84 Å².